The van der Waals surface area contributed by atoms with E-state index in [1.165, 1.54) is 6.07 Å². The Morgan fingerprint density at radius 3 is 2.50 bits per heavy atom. The second-order valence-electron chi connectivity index (χ2n) is 3.58. The van der Waals surface area contributed by atoms with Gasteiger partial charge in [0.15, 0.2) is 0 Å². The Labute approximate surface area is 89.9 Å². The largest absolute Gasteiger partial charge is 0.416 e. The Kier molecular flexibility index (Phi) is 2.26. The molecule has 1 aromatic carbocycles. The van der Waals surface area contributed by atoms with Crippen molar-refractivity contribution < 1.29 is 13.2 Å². The SMILES string of the molecule is Cc1cc2ccc(C(F)(F)F)cc2c(N)n1. The third-order valence-corrected chi connectivity index (χ3v) is 2.32. The van der Waals surface area contributed by atoms with Gasteiger partial charge in [-0.05, 0) is 30.5 Å². The van der Waals surface area contributed by atoms with Gasteiger partial charge < -0.3 is 5.73 Å². The number of nitrogen functional groups attached to an aromatic ring is 1. The fourth-order valence-corrected chi connectivity index (χ4v) is 1.59. The van der Waals surface area contributed by atoms with Crippen molar-refractivity contribution in [2.45, 2.75) is 13.1 Å². The number of hydrogen-bond acceptors (Lipinski definition) is 2. The molecule has 0 aliphatic carbocycles. The summed E-state index contributed by atoms with van der Waals surface area (Å²) in [4.78, 5) is 3.94. The van der Waals surface area contributed by atoms with Crippen LogP contribution in [0, 0.1) is 6.92 Å². The van der Waals surface area contributed by atoms with E-state index in [4.69, 9.17) is 5.73 Å². The van der Waals surface area contributed by atoms with Crippen LogP contribution in [0.15, 0.2) is 24.3 Å². The molecule has 0 aliphatic heterocycles. The van der Waals surface area contributed by atoms with E-state index in [1.54, 1.807) is 13.0 Å². The number of fused-ring (bicyclic) bond motifs is 1. The molecule has 5 heteroatoms. The number of nitrogens with zero attached hydrogens (tertiary/aromatic N) is 1. The maximum Gasteiger partial charge on any atom is 0.416 e. The van der Waals surface area contributed by atoms with E-state index in [-0.39, 0.29) is 5.82 Å². The highest BCUT2D eigenvalue weighted by Crippen LogP contribution is 2.32. The number of hydrogen-bond donors (Lipinski definition) is 1. The normalized spacial score (nSPS) is 12.0. The summed E-state index contributed by atoms with van der Waals surface area (Å²) in [6.07, 6.45) is -4.36. The van der Waals surface area contributed by atoms with E-state index in [0.29, 0.717) is 16.5 Å². The van der Waals surface area contributed by atoms with Crippen molar-refractivity contribution in [3.63, 3.8) is 0 Å². The van der Waals surface area contributed by atoms with Gasteiger partial charge in [-0.25, -0.2) is 4.98 Å². The Morgan fingerprint density at radius 1 is 1.19 bits per heavy atom. The molecule has 2 N–H and O–H groups in total. The van der Waals surface area contributed by atoms with Gasteiger partial charge in [0.05, 0.1) is 5.56 Å². The Balaban J connectivity index is 2.72. The van der Waals surface area contributed by atoms with Gasteiger partial charge in [0, 0.05) is 11.1 Å². The summed E-state index contributed by atoms with van der Waals surface area (Å²) in [7, 11) is 0. The van der Waals surface area contributed by atoms with E-state index in [2.05, 4.69) is 4.98 Å². The fraction of sp³-hybridized carbons (Fsp3) is 0.182. The lowest BCUT2D eigenvalue weighted by atomic mass is 10.1. The summed E-state index contributed by atoms with van der Waals surface area (Å²) in [6.45, 7) is 1.74. The van der Waals surface area contributed by atoms with E-state index >= 15 is 0 Å². The summed E-state index contributed by atoms with van der Waals surface area (Å²) in [5.74, 6) is 0.126. The molecule has 0 radical (unpaired) electrons. The first-order valence-corrected chi connectivity index (χ1v) is 4.62. The minimum Gasteiger partial charge on any atom is -0.383 e. The van der Waals surface area contributed by atoms with Crippen molar-refractivity contribution in [2.24, 2.45) is 0 Å². The number of anilines is 1. The van der Waals surface area contributed by atoms with Crippen molar-refractivity contribution >= 4 is 16.6 Å². The second kappa shape index (κ2) is 3.37. The van der Waals surface area contributed by atoms with Gasteiger partial charge in [-0.15, -0.1) is 0 Å². The van der Waals surface area contributed by atoms with Gasteiger partial charge in [-0.3, -0.25) is 0 Å². The predicted octanol–water partition coefficient (Wildman–Crippen LogP) is 3.14. The van der Waals surface area contributed by atoms with Crippen molar-refractivity contribution in [3.05, 3.63) is 35.5 Å². The zero-order chi connectivity index (χ0) is 11.9. The Bertz CT molecular complexity index is 547. The van der Waals surface area contributed by atoms with E-state index in [9.17, 15) is 13.2 Å². The van der Waals surface area contributed by atoms with Crippen LogP contribution in [0.4, 0.5) is 19.0 Å². The van der Waals surface area contributed by atoms with Crippen molar-refractivity contribution in [1.29, 1.82) is 0 Å². The number of nitrogens with two attached hydrogens (primary N) is 1. The summed E-state index contributed by atoms with van der Waals surface area (Å²) >= 11 is 0. The molecule has 0 unspecified atom stereocenters. The zero-order valence-electron chi connectivity index (χ0n) is 8.47. The first-order valence-electron chi connectivity index (χ1n) is 4.62. The highest BCUT2D eigenvalue weighted by molar-refractivity contribution is 5.91. The summed E-state index contributed by atoms with van der Waals surface area (Å²) in [5, 5.41) is 0.999. The number of aromatic nitrogens is 1. The smallest absolute Gasteiger partial charge is 0.383 e. The Hall–Kier alpha value is -1.78. The molecule has 0 atom stereocenters. The third kappa shape index (κ3) is 1.80. The standard InChI is InChI=1S/C11H9F3N2/c1-6-4-7-2-3-8(11(12,13)14)5-9(7)10(15)16-6/h2-5H,1H3,(H2,15,16). The number of benzene rings is 1. The molecular formula is C11H9F3N2. The summed E-state index contributed by atoms with van der Waals surface area (Å²) in [5.41, 5.74) is 5.56. The molecule has 0 spiro atoms. The maximum atomic E-state index is 12.5. The highest BCUT2D eigenvalue weighted by Gasteiger charge is 2.30. The van der Waals surface area contributed by atoms with Crippen LogP contribution in [0.2, 0.25) is 0 Å². The van der Waals surface area contributed by atoms with Crippen LogP contribution in [0.5, 0.6) is 0 Å². The van der Waals surface area contributed by atoms with Gasteiger partial charge in [-0.2, -0.15) is 13.2 Å². The summed E-state index contributed by atoms with van der Waals surface area (Å²) < 4.78 is 37.4. The molecule has 0 amide bonds. The Morgan fingerprint density at radius 2 is 1.88 bits per heavy atom. The van der Waals surface area contributed by atoms with Crippen molar-refractivity contribution in [1.82, 2.24) is 4.98 Å². The van der Waals surface area contributed by atoms with Crippen LogP contribution >= 0.6 is 0 Å². The molecule has 0 saturated carbocycles. The average Bonchev–Trinajstić information content (AvgIpc) is 2.15. The average molecular weight is 226 g/mol. The highest BCUT2D eigenvalue weighted by atomic mass is 19.4. The van der Waals surface area contributed by atoms with Crippen LogP contribution in [-0.4, -0.2) is 4.98 Å². The molecular weight excluding hydrogens is 217 g/mol. The van der Waals surface area contributed by atoms with E-state index in [1.807, 2.05) is 0 Å². The van der Waals surface area contributed by atoms with Gasteiger partial charge in [0.2, 0.25) is 0 Å². The minimum atomic E-state index is -4.36. The van der Waals surface area contributed by atoms with Crippen LogP contribution in [-0.2, 0) is 6.18 Å². The topological polar surface area (TPSA) is 38.9 Å². The fourth-order valence-electron chi connectivity index (χ4n) is 1.59. The van der Waals surface area contributed by atoms with E-state index < -0.39 is 11.7 Å². The zero-order valence-corrected chi connectivity index (χ0v) is 8.47. The molecule has 2 aromatic rings. The number of pyridine rings is 1. The van der Waals surface area contributed by atoms with Gasteiger partial charge in [-0.1, -0.05) is 6.07 Å². The monoisotopic (exact) mass is 226 g/mol. The predicted molar refractivity (Wildman–Crippen MR) is 55.9 cm³/mol. The third-order valence-electron chi connectivity index (χ3n) is 2.32. The van der Waals surface area contributed by atoms with Crippen LogP contribution in [0.1, 0.15) is 11.3 Å². The van der Waals surface area contributed by atoms with Crippen LogP contribution in [0.25, 0.3) is 10.8 Å². The lowest BCUT2D eigenvalue weighted by molar-refractivity contribution is -0.137. The first kappa shape index (κ1) is 10.7. The second-order valence-corrected chi connectivity index (χ2v) is 3.58. The molecule has 2 nitrogen and oxygen atoms in total. The van der Waals surface area contributed by atoms with Gasteiger partial charge >= 0.3 is 6.18 Å². The minimum absolute atomic E-state index is 0.126. The molecule has 2 rings (SSSR count). The number of alkyl halides is 3. The molecule has 1 heterocycles. The molecule has 0 aliphatic rings. The maximum absolute atomic E-state index is 12.5. The van der Waals surface area contributed by atoms with Crippen molar-refractivity contribution in [3.8, 4) is 0 Å². The van der Waals surface area contributed by atoms with Gasteiger partial charge in [0.25, 0.3) is 0 Å². The molecule has 0 saturated heterocycles. The number of halogens is 3. The molecule has 1 aromatic heterocycles. The molecule has 0 fully saturated rings. The molecule has 84 valence electrons. The summed E-state index contributed by atoms with van der Waals surface area (Å²) in [6, 6.07) is 5.17. The van der Waals surface area contributed by atoms with Crippen LogP contribution < -0.4 is 5.73 Å². The number of rotatable bonds is 0. The van der Waals surface area contributed by atoms with Crippen molar-refractivity contribution in [2.75, 3.05) is 5.73 Å². The van der Waals surface area contributed by atoms with E-state index in [0.717, 1.165) is 12.1 Å². The van der Waals surface area contributed by atoms with Crippen LogP contribution in [0.3, 0.4) is 0 Å². The number of aryl methyl sites for hydroxylation is 1. The quantitative estimate of drug-likeness (QED) is 0.749. The first-order chi connectivity index (χ1) is 7.38. The molecule has 16 heavy (non-hydrogen) atoms. The lowest BCUT2D eigenvalue weighted by Crippen LogP contribution is -2.05. The van der Waals surface area contributed by atoms with Gasteiger partial charge in [0.1, 0.15) is 5.82 Å². The molecule has 0 bridgehead atoms. The lowest BCUT2D eigenvalue weighted by Gasteiger charge is -2.09.